The maximum absolute atomic E-state index is 4.54. The topological polar surface area (TPSA) is 29.9 Å². The van der Waals surface area contributed by atoms with Gasteiger partial charge in [-0.2, -0.15) is 0 Å². The Balaban J connectivity index is 2.06. The summed E-state index contributed by atoms with van der Waals surface area (Å²) in [5, 5.41) is 3.37. The lowest BCUT2D eigenvalue weighted by atomic mass is 10.0. The molecule has 2 aromatic rings. The molecule has 0 aliphatic heterocycles. The first kappa shape index (κ1) is 15.8. The van der Waals surface area contributed by atoms with E-state index in [4.69, 9.17) is 0 Å². The van der Waals surface area contributed by atoms with Gasteiger partial charge in [0.25, 0.3) is 0 Å². The van der Waals surface area contributed by atoms with Crippen molar-refractivity contribution in [1.29, 1.82) is 0 Å². The molecule has 1 atom stereocenters. The fourth-order valence-electron chi connectivity index (χ4n) is 2.47. The fourth-order valence-corrected chi connectivity index (χ4v) is 2.47. The van der Waals surface area contributed by atoms with Gasteiger partial charge in [-0.1, -0.05) is 45.0 Å². The second-order valence-electron chi connectivity index (χ2n) is 6.16. The largest absolute Gasteiger partial charge is 0.333 e. The van der Waals surface area contributed by atoms with Gasteiger partial charge in [0.2, 0.25) is 0 Å². The summed E-state index contributed by atoms with van der Waals surface area (Å²) in [5.74, 6) is 0.696. The molecule has 21 heavy (non-hydrogen) atoms. The Kier molecular flexibility index (Phi) is 5.57. The van der Waals surface area contributed by atoms with Gasteiger partial charge in [-0.15, -0.1) is 0 Å². The lowest BCUT2D eigenvalue weighted by Crippen LogP contribution is -2.22. The van der Waals surface area contributed by atoms with E-state index in [1.807, 2.05) is 6.33 Å². The SMILES string of the molecule is CCNC[C@@H](C)n1cnc(-c2ccc(CC(C)C)cc2)c1. The Morgan fingerprint density at radius 3 is 2.48 bits per heavy atom. The number of nitrogens with zero attached hydrogens (tertiary/aromatic N) is 2. The number of rotatable bonds is 7. The van der Waals surface area contributed by atoms with E-state index in [1.54, 1.807) is 0 Å². The van der Waals surface area contributed by atoms with E-state index >= 15 is 0 Å². The first-order chi connectivity index (χ1) is 10.1. The molecular formula is C18H27N3. The van der Waals surface area contributed by atoms with Gasteiger partial charge < -0.3 is 9.88 Å². The van der Waals surface area contributed by atoms with Crippen LogP contribution in [0.5, 0.6) is 0 Å². The Bertz CT molecular complexity index is 540. The molecule has 0 fully saturated rings. The molecule has 1 heterocycles. The maximum Gasteiger partial charge on any atom is 0.0956 e. The van der Waals surface area contributed by atoms with Crippen LogP contribution in [0.2, 0.25) is 0 Å². The Hall–Kier alpha value is -1.61. The zero-order valence-corrected chi connectivity index (χ0v) is 13.6. The highest BCUT2D eigenvalue weighted by molar-refractivity contribution is 5.58. The van der Waals surface area contributed by atoms with Gasteiger partial charge in [-0.05, 0) is 31.4 Å². The zero-order chi connectivity index (χ0) is 15.2. The van der Waals surface area contributed by atoms with Crippen molar-refractivity contribution in [2.75, 3.05) is 13.1 Å². The van der Waals surface area contributed by atoms with Crippen LogP contribution >= 0.6 is 0 Å². The number of hydrogen-bond donors (Lipinski definition) is 1. The number of likely N-dealkylation sites (N-methyl/N-ethyl adjacent to an activating group) is 1. The normalized spacial score (nSPS) is 12.8. The number of aromatic nitrogens is 2. The molecule has 1 N–H and O–H groups in total. The molecule has 1 aromatic heterocycles. The van der Waals surface area contributed by atoms with Crippen LogP contribution in [0.4, 0.5) is 0 Å². The predicted octanol–water partition coefficient (Wildman–Crippen LogP) is 3.92. The fraction of sp³-hybridized carbons (Fsp3) is 0.500. The molecule has 1 aromatic carbocycles. The van der Waals surface area contributed by atoms with Crippen LogP contribution < -0.4 is 5.32 Å². The lowest BCUT2D eigenvalue weighted by molar-refractivity contribution is 0.501. The van der Waals surface area contributed by atoms with Crippen molar-refractivity contribution in [2.24, 2.45) is 5.92 Å². The second-order valence-corrected chi connectivity index (χ2v) is 6.16. The van der Waals surface area contributed by atoms with Gasteiger partial charge in [0.1, 0.15) is 0 Å². The Morgan fingerprint density at radius 2 is 1.86 bits per heavy atom. The summed E-state index contributed by atoms with van der Waals surface area (Å²) in [5.41, 5.74) is 3.64. The summed E-state index contributed by atoms with van der Waals surface area (Å²) >= 11 is 0. The minimum atomic E-state index is 0.423. The molecule has 0 saturated carbocycles. The molecule has 2 rings (SSSR count). The highest BCUT2D eigenvalue weighted by Gasteiger charge is 2.07. The zero-order valence-electron chi connectivity index (χ0n) is 13.6. The number of imidazole rings is 1. The summed E-state index contributed by atoms with van der Waals surface area (Å²) in [4.78, 5) is 4.54. The van der Waals surface area contributed by atoms with Gasteiger partial charge in [0.15, 0.2) is 0 Å². The molecule has 0 unspecified atom stereocenters. The van der Waals surface area contributed by atoms with Crippen LogP contribution in [-0.2, 0) is 6.42 Å². The van der Waals surface area contributed by atoms with Crippen molar-refractivity contribution in [1.82, 2.24) is 14.9 Å². The molecule has 0 aliphatic carbocycles. The van der Waals surface area contributed by atoms with Crippen LogP contribution in [0, 0.1) is 5.92 Å². The molecule has 3 nitrogen and oxygen atoms in total. The van der Waals surface area contributed by atoms with Crippen molar-refractivity contribution in [3.8, 4) is 11.3 Å². The van der Waals surface area contributed by atoms with Gasteiger partial charge >= 0.3 is 0 Å². The summed E-state index contributed by atoms with van der Waals surface area (Å²) < 4.78 is 2.18. The van der Waals surface area contributed by atoms with Gasteiger partial charge in [0, 0.05) is 24.3 Å². The van der Waals surface area contributed by atoms with Crippen LogP contribution in [0.25, 0.3) is 11.3 Å². The highest BCUT2D eigenvalue weighted by Crippen LogP contribution is 2.20. The van der Waals surface area contributed by atoms with Crippen LogP contribution in [0.3, 0.4) is 0 Å². The van der Waals surface area contributed by atoms with E-state index in [0.29, 0.717) is 12.0 Å². The van der Waals surface area contributed by atoms with Crippen molar-refractivity contribution in [3.05, 3.63) is 42.4 Å². The Morgan fingerprint density at radius 1 is 1.14 bits per heavy atom. The standard InChI is InChI=1S/C18H27N3/c1-5-19-11-15(4)21-12-18(20-13-21)17-8-6-16(7-9-17)10-14(2)3/h6-9,12-15,19H,5,10-11H2,1-4H3/t15-/m1/s1. The number of nitrogens with one attached hydrogen (secondary N) is 1. The van der Waals surface area contributed by atoms with Crippen LogP contribution in [0.1, 0.15) is 39.3 Å². The van der Waals surface area contributed by atoms with Gasteiger partial charge in [-0.3, -0.25) is 0 Å². The first-order valence-electron chi connectivity index (χ1n) is 7.93. The Labute approximate surface area is 128 Å². The number of benzene rings is 1. The third kappa shape index (κ3) is 4.43. The summed E-state index contributed by atoms with van der Waals surface area (Å²) in [6, 6.07) is 9.22. The molecule has 114 valence electrons. The molecule has 0 spiro atoms. The third-order valence-corrected chi connectivity index (χ3v) is 3.69. The molecular weight excluding hydrogens is 258 g/mol. The van der Waals surface area contributed by atoms with Crippen molar-refractivity contribution < 1.29 is 0 Å². The van der Waals surface area contributed by atoms with Gasteiger partial charge in [-0.25, -0.2) is 4.98 Å². The summed E-state index contributed by atoms with van der Waals surface area (Å²) in [6.07, 6.45) is 5.20. The smallest absolute Gasteiger partial charge is 0.0956 e. The molecule has 0 amide bonds. The average Bonchev–Trinajstić information content (AvgIpc) is 2.95. The van der Waals surface area contributed by atoms with E-state index in [0.717, 1.165) is 25.2 Å². The van der Waals surface area contributed by atoms with Gasteiger partial charge in [0.05, 0.1) is 12.0 Å². The average molecular weight is 285 g/mol. The van der Waals surface area contributed by atoms with Crippen molar-refractivity contribution in [3.63, 3.8) is 0 Å². The minimum absolute atomic E-state index is 0.423. The molecule has 0 radical (unpaired) electrons. The second kappa shape index (κ2) is 7.41. The quantitative estimate of drug-likeness (QED) is 0.835. The van der Waals surface area contributed by atoms with E-state index in [1.165, 1.54) is 11.1 Å². The number of hydrogen-bond acceptors (Lipinski definition) is 2. The maximum atomic E-state index is 4.54. The predicted molar refractivity (Wildman–Crippen MR) is 89.5 cm³/mol. The summed E-state index contributed by atoms with van der Waals surface area (Å²) in [6.45, 7) is 10.8. The first-order valence-corrected chi connectivity index (χ1v) is 7.93. The van der Waals surface area contributed by atoms with E-state index < -0.39 is 0 Å². The minimum Gasteiger partial charge on any atom is -0.333 e. The summed E-state index contributed by atoms with van der Waals surface area (Å²) in [7, 11) is 0. The van der Waals surface area contributed by atoms with Crippen molar-refractivity contribution >= 4 is 0 Å². The molecule has 0 saturated heterocycles. The lowest BCUT2D eigenvalue weighted by Gasteiger charge is -2.12. The van der Waals surface area contributed by atoms with E-state index in [9.17, 15) is 0 Å². The molecule has 0 bridgehead atoms. The van der Waals surface area contributed by atoms with E-state index in [-0.39, 0.29) is 0 Å². The molecule has 0 aliphatic rings. The highest BCUT2D eigenvalue weighted by atomic mass is 15.1. The monoisotopic (exact) mass is 285 g/mol. The van der Waals surface area contributed by atoms with Crippen molar-refractivity contribution in [2.45, 2.75) is 40.2 Å². The van der Waals surface area contributed by atoms with Crippen LogP contribution in [-0.4, -0.2) is 22.6 Å². The van der Waals surface area contributed by atoms with Crippen LogP contribution in [0.15, 0.2) is 36.8 Å². The van der Waals surface area contributed by atoms with E-state index in [2.05, 4.69) is 73.0 Å². The molecule has 3 heteroatoms. The third-order valence-electron chi connectivity index (χ3n) is 3.69.